The molecule has 0 unspecified atom stereocenters. The number of hydrogen-bond donors (Lipinski definition) is 3. The van der Waals surface area contributed by atoms with Crippen LogP contribution >= 0.6 is 11.8 Å². The van der Waals surface area contributed by atoms with Crippen molar-refractivity contribution < 1.29 is 19.4 Å². The van der Waals surface area contributed by atoms with Crippen LogP contribution in [0.3, 0.4) is 0 Å². The third kappa shape index (κ3) is 6.14. The summed E-state index contributed by atoms with van der Waals surface area (Å²) in [4.78, 5) is 11.1. The van der Waals surface area contributed by atoms with E-state index in [4.69, 9.17) is 25.4 Å². The second kappa shape index (κ2) is 8.73. The summed E-state index contributed by atoms with van der Waals surface area (Å²) >= 11 is 1.04. The molecule has 0 aromatic heterocycles. The zero-order valence-electron chi connectivity index (χ0n) is 15.4. The minimum atomic E-state index is -1.32. The lowest BCUT2D eigenvalue weighted by molar-refractivity contribution is -0.152. The van der Waals surface area contributed by atoms with Crippen molar-refractivity contribution in [3.8, 4) is 11.5 Å². The van der Waals surface area contributed by atoms with Crippen molar-refractivity contribution in [2.24, 2.45) is 0 Å². The number of carboxylic acid groups (broad SMARTS) is 1. The molecule has 0 heterocycles. The Balaban J connectivity index is 1.85. The van der Waals surface area contributed by atoms with E-state index >= 15 is 0 Å². The third-order valence-corrected chi connectivity index (χ3v) is 4.42. The van der Waals surface area contributed by atoms with Gasteiger partial charge in [0, 0.05) is 5.56 Å². The molecule has 0 bridgehead atoms. The van der Waals surface area contributed by atoms with E-state index in [1.807, 2.05) is 31.2 Å². The first kappa shape index (κ1) is 20.5. The highest BCUT2D eigenvalue weighted by molar-refractivity contribution is 8.26. The van der Waals surface area contributed by atoms with E-state index in [1.54, 1.807) is 24.3 Å². The molecular formula is C20H22N2O4S. The number of nitrogens with one attached hydrogen (secondary N) is 2. The molecule has 3 N–H and O–H groups in total. The Morgan fingerprint density at radius 1 is 1.04 bits per heavy atom. The molecule has 27 heavy (non-hydrogen) atoms. The molecule has 0 spiro atoms. The second-order valence-electron chi connectivity index (χ2n) is 6.40. The van der Waals surface area contributed by atoms with Gasteiger partial charge in [0.05, 0.1) is 0 Å². The number of ether oxygens (including phenoxy) is 2. The molecule has 142 valence electrons. The van der Waals surface area contributed by atoms with E-state index in [0.29, 0.717) is 16.5 Å². The lowest BCUT2D eigenvalue weighted by Crippen LogP contribution is -2.37. The number of aliphatic carboxylic acids is 1. The van der Waals surface area contributed by atoms with Gasteiger partial charge < -0.3 is 14.6 Å². The first-order chi connectivity index (χ1) is 12.7. The largest absolute Gasteiger partial charge is 0.487 e. The fraction of sp³-hybridized carbons (Fsp3) is 0.250. The molecule has 0 fully saturated rings. The maximum absolute atomic E-state index is 11.1. The summed E-state index contributed by atoms with van der Waals surface area (Å²) in [6.07, 6.45) is 0. The zero-order chi connectivity index (χ0) is 20.0. The van der Waals surface area contributed by atoms with Crippen LogP contribution in [0.5, 0.6) is 11.5 Å². The first-order valence-electron chi connectivity index (χ1n) is 8.23. The summed E-state index contributed by atoms with van der Waals surface area (Å²) in [6, 6.07) is 14.1. The van der Waals surface area contributed by atoms with Gasteiger partial charge in [-0.25, -0.2) is 4.79 Å². The predicted octanol–water partition coefficient (Wildman–Crippen LogP) is 4.35. The Morgan fingerprint density at radius 3 is 2.15 bits per heavy atom. The van der Waals surface area contributed by atoms with Crippen LogP contribution in [-0.2, 0) is 4.79 Å². The fourth-order valence-electron chi connectivity index (χ4n) is 2.01. The highest BCUT2D eigenvalue weighted by Gasteiger charge is 2.29. The van der Waals surface area contributed by atoms with Crippen molar-refractivity contribution >= 4 is 27.8 Å². The van der Waals surface area contributed by atoms with Crippen LogP contribution in [0.1, 0.15) is 25.0 Å². The highest BCUT2D eigenvalue weighted by Crippen LogP contribution is 2.23. The normalized spacial score (nSPS) is 10.9. The summed E-state index contributed by atoms with van der Waals surface area (Å²) in [5.41, 5.74) is 0.560. The summed E-state index contributed by atoms with van der Waals surface area (Å²) in [5, 5.41) is 25.6. The summed E-state index contributed by atoms with van der Waals surface area (Å²) < 4.78 is 11.0. The Hall–Kier alpha value is -2.80. The molecular weight excluding hydrogens is 364 g/mol. The van der Waals surface area contributed by atoms with Crippen LogP contribution in [0.15, 0.2) is 48.5 Å². The van der Waals surface area contributed by atoms with Gasteiger partial charge in [-0.1, -0.05) is 41.6 Å². The SMILES string of the molecule is Cc1ccc(C(=N)SC(=N)COc2ccc(OC(C)(C)C(=O)O)cc2)cc1. The minimum Gasteiger partial charge on any atom is -0.487 e. The van der Waals surface area contributed by atoms with Gasteiger partial charge >= 0.3 is 5.97 Å². The molecule has 2 rings (SSSR count). The number of benzene rings is 2. The Bertz CT molecular complexity index is 830. The molecule has 0 aliphatic carbocycles. The molecule has 2 aromatic rings. The molecule has 0 aliphatic heterocycles. The zero-order valence-corrected chi connectivity index (χ0v) is 16.2. The lowest BCUT2D eigenvalue weighted by atomic mass is 10.1. The number of hydrogen-bond acceptors (Lipinski definition) is 6. The molecule has 6 nitrogen and oxygen atoms in total. The van der Waals surface area contributed by atoms with Crippen LogP contribution in [0, 0.1) is 17.7 Å². The minimum absolute atomic E-state index is 0.0414. The Labute approximate surface area is 162 Å². The summed E-state index contributed by atoms with van der Waals surface area (Å²) in [7, 11) is 0. The number of carbonyl (C=O) groups is 1. The van der Waals surface area contributed by atoms with E-state index in [-0.39, 0.29) is 11.7 Å². The Morgan fingerprint density at radius 2 is 1.59 bits per heavy atom. The van der Waals surface area contributed by atoms with Crippen molar-refractivity contribution in [2.75, 3.05) is 6.61 Å². The first-order valence-corrected chi connectivity index (χ1v) is 9.05. The number of rotatable bonds is 7. The van der Waals surface area contributed by atoms with Gasteiger partial charge in [-0.15, -0.1) is 0 Å². The molecule has 0 saturated carbocycles. The fourth-order valence-corrected chi connectivity index (χ4v) is 2.63. The monoisotopic (exact) mass is 386 g/mol. The van der Waals surface area contributed by atoms with E-state index in [1.165, 1.54) is 13.8 Å². The van der Waals surface area contributed by atoms with Crippen molar-refractivity contribution in [3.05, 3.63) is 59.7 Å². The van der Waals surface area contributed by atoms with E-state index in [9.17, 15) is 4.79 Å². The van der Waals surface area contributed by atoms with Crippen LogP contribution in [0.25, 0.3) is 0 Å². The maximum Gasteiger partial charge on any atom is 0.347 e. The average molecular weight is 386 g/mol. The van der Waals surface area contributed by atoms with Crippen molar-refractivity contribution in [1.82, 2.24) is 0 Å². The van der Waals surface area contributed by atoms with Crippen LogP contribution in [0.4, 0.5) is 0 Å². The van der Waals surface area contributed by atoms with Gasteiger partial charge in [-0.2, -0.15) is 0 Å². The third-order valence-electron chi connectivity index (χ3n) is 3.62. The molecule has 0 amide bonds. The van der Waals surface area contributed by atoms with Gasteiger partial charge in [0.15, 0.2) is 5.60 Å². The smallest absolute Gasteiger partial charge is 0.347 e. The topological polar surface area (TPSA) is 103 Å². The quantitative estimate of drug-likeness (QED) is 0.485. The molecule has 0 radical (unpaired) electrons. The summed E-state index contributed by atoms with van der Waals surface area (Å²) in [6.45, 7) is 4.97. The van der Waals surface area contributed by atoms with Crippen LogP contribution in [-0.4, -0.2) is 33.4 Å². The number of thioether (sulfide) groups is 1. The predicted molar refractivity (Wildman–Crippen MR) is 108 cm³/mol. The number of aryl methyl sites for hydroxylation is 1. The summed E-state index contributed by atoms with van der Waals surface area (Å²) in [5.74, 6) is -0.104. The molecule has 2 aromatic carbocycles. The second-order valence-corrected chi connectivity index (χ2v) is 7.50. The van der Waals surface area contributed by atoms with Gasteiger partial charge in [-0.3, -0.25) is 10.8 Å². The van der Waals surface area contributed by atoms with E-state index in [2.05, 4.69) is 0 Å². The van der Waals surface area contributed by atoms with Gasteiger partial charge in [0.25, 0.3) is 0 Å². The number of carboxylic acids is 1. The highest BCUT2D eigenvalue weighted by atomic mass is 32.2. The Kier molecular flexibility index (Phi) is 6.63. The van der Waals surface area contributed by atoms with Crippen molar-refractivity contribution in [1.29, 1.82) is 10.8 Å². The average Bonchev–Trinajstić information content (AvgIpc) is 2.61. The van der Waals surface area contributed by atoms with Crippen molar-refractivity contribution in [3.63, 3.8) is 0 Å². The molecule has 7 heteroatoms. The van der Waals surface area contributed by atoms with Gasteiger partial charge in [0.2, 0.25) is 0 Å². The van der Waals surface area contributed by atoms with Gasteiger partial charge in [0.1, 0.15) is 28.2 Å². The van der Waals surface area contributed by atoms with E-state index in [0.717, 1.165) is 22.9 Å². The standard InChI is InChI=1S/C20H22N2O4S/c1-13-4-6-14(7-5-13)18(22)27-17(21)12-25-15-8-10-16(11-9-15)26-20(2,3)19(23)24/h4-11,21-22H,12H2,1-3H3,(H,23,24). The molecule has 0 saturated heterocycles. The molecule has 0 aliphatic rings. The van der Waals surface area contributed by atoms with Gasteiger partial charge in [-0.05, 0) is 45.0 Å². The lowest BCUT2D eigenvalue weighted by Gasteiger charge is -2.21. The van der Waals surface area contributed by atoms with Crippen LogP contribution < -0.4 is 9.47 Å². The maximum atomic E-state index is 11.1. The van der Waals surface area contributed by atoms with E-state index < -0.39 is 11.6 Å². The van der Waals surface area contributed by atoms with Crippen molar-refractivity contribution in [2.45, 2.75) is 26.4 Å². The van der Waals surface area contributed by atoms with Crippen LogP contribution in [0.2, 0.25) is 0 Å². The molecule has 0 atom stereocenters.